The first-order chi connectivity index (χ1) is 12.3. The normalized spacial score (nSPS) is 14.6. The Hall–Kier alpha value is -2.59. The van der Waals surface area contributed by atoms with Crippen LogP contribution in [0, 0.1) is 6.92 Å². The fourth-order valence-corrected chi connectivity index (χ4v) is 3.40. The smallest absolute Gasteiger partial charge is 0.122 e. The predicted molar refractivity (Wildman–Crippen MR) is 98.7 cm³/mol. The van der Waals surface area contributed by atoms with Crippen LogP contribution in [0.4, 0.5) is 0 Å². The van der Waals surface area contributed by atoms with Crippen molar-refractivity contribution >= 4 is 0 Å². The number of hydrogen-bond acceptors (Lipinski definition) is 3. The third kappa shape index (κ3) is 3.44. The minimum atomic E-state index is 0.141. The molecule has 4 rings (SSSR count). The lowest BCUT2D eigenvalue weighted by Gasteiger charge is -2.23. The Morgan fingerprint density at radius 2 is 2.04 bits per heavy atom. The number of nitrogens with zero attached hydrogens (tertiary/aromatic N) is 1. The summed E-state index contributed by atoms with van der Waals surface area (Å²) in [6.07, 6.45) is 4.07. The van der Waals surface area contributed by atoms with Crippen molar-refractivity contribution in [2.75, 3.05) is 6.61 Å². The van der Waals surface area contributed by atoms with E-state index in [1.54, 1.807) is 0 Å². The number of hydrogen-bond donors (Lipinski definition) is 2. The molecule has 0 spiro atoms. The highest BCUT2D eigenvalue weighted by Crippen LogP contribution is 2.30. The van der Waals surface area contributed by atoms with E-state index in [-0.39, 0.29) is 6.04 Å². The number of nitrogens with one attached hydrogen (secondary N) is 2. The van der Waals surface area contributed by atoms with Crippen molar-refractivity contribution in [2.24, 2.45) is 0 Å². The zero-order chi connectivity index (χ0) is 17.1. The van der Waals surface area contributed by atoms with E-state index in [2.05, 4.69) is 71.0 Å². The molecule has 0 unspecified atom stereocenters. The SMILES string of the molecule is Cc1[nH]ncc1CN[C@H](c1ccccc1)c1ccc2c(c1)CCCO2. The van der Waals surface area contributed by atoms with Crippen molar-refractivity contribution in [3.05, 3.63) is 82.7 Å². The van der Waals surface area contributed by atoms with Gasteiger partial charge in [0.1, 0.15) is 5.75 Å². The molecule has 128 valence electrons. The molecule has 0 aliphatic carbocycles. The molecular formula is C21H23N3O. The van der Waals surface area contributed by atoms with Crippen LogP contribution >= 0.6 is 0 Å². The van der Waals surface area contributed by atoms with Crippen molar-refractivity contribution in [1.29, 1.82) is 0 Å². The number of aryl methyl sites for hydroxylation is 2. The summed E-state index contributed by atoms with van der Waals surface area (Å²) in [5.74, 6) is 1.03. The maximum Gasteiger partial charge on any atom is 0.122 e. The zero-order valence-corrected chi connectivity index (χ0v) is 14.5. The molecule has 1 aliphatic heterocycles. The van der Waals surface area contributed by atoms with Gasteiger partial charge in [-0.2, -0.15) is 5.10 Å². The summed E-state index contributed by atoms with van der Waals surface area (Å²) < 4.78 is 5.77. The lowest BCUT2D eigenvalue weighted by atomic mass is 9.94. The minimum Gasteiger partial charge on any atom is -0.493 e. The standard InChI is InChI=1S/C21H23N3O/c1-15-19(14-23-24-15)13-22-21(16-6-3-2-4-7-16)18-9-10-20-17(12-18)8-5-11-25-20/h2-4,6-7,9-10,12,14,21-22H,5,8,11,13H2,1H3,(H,23,24)/t21-/m1/s1. The van der Waals surface area contributed by atoms with Gasteiger partial charge in [0, 0.05) is 17.8 Å². The third-order valence-corrected chi connectivity index (χ3v) is 4.83. The number of fused-ring (bicyclic) bond motifs is 1. The lowest BCUT2D eigenvalue weighted by molar-refractivity contribution is 0.288. The fourth-order valence-electron chi connectivity index (χ4n) is 3.40. The largest absolute Gasteiger partial charge is 0.493 e. The van der Waals surface area contributed by atoms with Crippen molar-refractivity contribution in [1.82, 2.24) is 15.5 Å². The van der Waals surface area contributed by atoms with Gasteiger partial charge in [-0.1, -0.05) is 42.5 Å². The van der Waals surface area contributed by atoms with E-state index in [0.717, 1.165) is 37.4 Å². The Bertz CT molecular complexity index is 841. The molecule has 0 radical (unpaired) electrons. The van der Waals surface area contributed by atoms with Gasteiger partial charge >= 0.3 is 0 Å². The topological polar surface area (TPSA) is 49.9 Å². The Balaban J connectivity index is 1.64. The highest BCUT2D eigenvalue weighted by molar-refractivity contribution is 5.42. The number of ether oxygens (including phenoxy) is 1. The van der Waals surface area contributed by atoms with E-state index in [1.807, 2.05) is 6.20 Å². The quantitative estimate of drug-likeness (QED) is 0.744. The summed E-state index contributed by atoms with van der Waals surface area (Å²) in [5, 5.41) is 10.8. The van der Waals surface area contributed by atoms with Crippen LogP contribution in [0.2, 0.25) is 0 Å². The van der Waals surface area contributed by atoms with E-state index in [0.29, 0.717) is 0 Å². The van der Waals surface area contributed by atoms with Crippen LogP contribution in [0.25, 0.3) is 0 Å². The average molecular weight is 333 g/mol. The van der Waals surface area contributed by atoms with Crippen molar-refractivity contribution in [2.45, 2.75) is 32.4 Å². The fraction of sp³-hybridized carbons (Fsp3) is 0.286. The Labute approximate surface area is 148 Å². The van der Waals surface area contributed by atoms with Crippen LogP contribution < -0.4 is 10.1 Å². The van der Waals surface area contributed by atoms with Crippen molar-refractivity contribution in [3.63, 3.8) is 0 Å². The van der Waals surface area contributed by atoms with Gasteiger partial charge in [0.25, 0.3) is 0 Å². The molecule has 1 atom stereocenters. The first kappa shape index (κ1) is 15.9. The van der Waals surface area contributed by atoms with Gasteiger partial charge in [-0.25, -0.2) is 0 Å². The number of aromatic nitrogens is 2. The molecule has 4 heteroatoms. The van der Waals surface area contributed by atoms with Crippen LogP contribution in [-0.2, 0) is 13.0 Å². The highest BCUT2D eigenvalue weighted by Gasteiger charge is 2.18. The van der Waals surface area contributed by atoms with Gasteiger partial charge in [0.2, 0.25) is 0 Å². The van der Waals surface area contributed by atoms with E-state index in [4.69, 9.17) is 4.74 Å². The second-order valence-electron chi connectivity index (χ2n) is 6.56. The molecule has 0 saturated heterocycles. The number of H-pyrrole nitrogens is 1. The molecule has 0 amide bonds. The third-order valence-electron chi connectivity index (χ3n) is 4.83. The van der Waals surface area contributed by atoms with Crippen LogP contribution in [-0.4, -0.2) is 16.8 Å². The molecule has 2 N–H and O–H groups in total. The van der Waals surface area contributed by atoms with Crippen molar-refractivity contribution in [3.8, 4) is 5.75 Å². The minimum absolute atomic E-state index is 0.141. The van der Waals surface area contributed by atoms with Gasteiger partial charge in [-0.05, 0) is 42.5 Å². The number of rotatable bonds is 5. The second kappa shape index (κ2) is 7.11. The maximum absolute atomic E-state index is 5.77. The molecule has 2 heterocycles. The van der Waals surface area contributed by atoms with E-state index >= 15 is 0 Å². The molecule has 0 fully saturated rings. The molecule has 2 aromatic carbocycles. The molecule has 25 heavy (non-hydrogen) atoms. The maximum atomic E-state index is 5.77. The first-order valence-electron chi connectivity index (χ1n) is 8.84. The van der Waals surface area contributed by atoms with Crippen LogP contribution in [0.1, 0.15) is 40.4 Å². The number of benzene rings is 2. The summed E-state index contributed by atoms with van der Waals surface area (Å²) in [6.45, 7) is 3.65. The molecule has 3 aromatic rings. The van der Waals surface area contributed by atoms with E-state index in [9.17, 15) is 0 Å². The van der Waals surface area contributed by atoms with Gasteiger partial charge in [-0.15, -0.1) is 0 Å². The summed E-state index contributed by atoms with van der Waals surface area (Å²) >= 11 is 0. The summed E-state index contributed by atoms with van der Waals surface area (Å²) in [6, 6.07) is 17.3. The molecule has 1 aliphatic rings. The molecule has 0 bridgehead atoms. The summed E-state index contributed by atoms with van der Waals surface area (Å²) in [7, 11) is 0. The van der Waals surface area contributed by atoms with Gasteiger partial charge in [-0.3, -0.25) is 5.10 Å². The zero-order valence-electron chi connectivity index (χ0n) is 14.5. The average Bonchev–Trinajstić information content (AvgIpc) is 3.08. The molecule has 1 aromatic heterocycles. The van der Waals surface area contributed by atoms with Crippen LogP contribution in [0.15, 0.2) is 54.7 Å². The Morgan fingerprint density at radius 3 is 2.84 bits per heavy atom. The predicted octanol–water partition coefficient (Wildman–Crippen LogP) is 3.92. The van der Waals surface area contributed by atoms with Crippen LogP contribution in [0.5, 0.6) is 5.75 Å². The molecule has 0 saturated carbocycles. The van der Waals surface area contributed by atoms with Gasteiger partial charge in [0.05, 0.1) is 18.8 Å². The monoisotopic (exact) mass is 333 g/mol. The first-order valence-corrected chi connectivity index (χ1v) is 8.84. The van der Waals surface area contributed by atoms with E-state index < -0.39 is 0 Å². The van der Waals surface area contributed by atoms with Gasteiger partial charge < -0.3 is 10.1 Å². The Morgan fingerprint density at radius 1 is 1.16 bits per heavy atom. The van der Waals surface area contributed by atoms with Crippen molar-refractivity contribution < 1.29 is 4.74 Å². The highest BCUT2D eigenvalue weighted by atomic mass is 16.5. The van der Waals surface area contributed by atoms with E-state index in [1.165, 1.54) is 22.3 Å². The number of aromatic amines is 1. The molecular weight excluding hydrogens is 310 g/mol. The van der Waals surface area contributed by atoms with Gasteiger partial charge in [0.15, 0.2) is 0 Å². The van der Waals surface area contributed by atoms with Crippen LogP contribution in [0.3, 0.4) is 0 Å². The summed E-state index contributed by atoms with van der Waals surface area (Å²) in [5.41, 5.74) is 6.16. The molecule has 4 nitrogen and oxygen atoms in total. The lowest BCUT2D eigenvalue weighted by Crippen LogP contribution is -2.22. The second-order valence-corrected chi connectivity index (χ2v) is 6.56. The Kier molecular flexibility index (Phi) is 4.53. The summed E-state index contributed by atoms with van der Waals surface area (Å²) in [4.78, 5) is 0.